The third-order valence-corrected chi connectivity index (χ3v) is 1.69. The van der Waals surface area contributed by atoms with Gasteiger partial charge >= 0.3 is 0 Å². The summed E-state index contributed by atoms with van der Waals surface area (Å²) in [7, 11) is 3.60. The van der Waals surface area contributed by atoms with Crippen molar-refractivity contribution in [3.8, 4) is 0 Å². The van der Waals surface area contributed by atoms with Crippen LogP contribution in [0.25, 0.3) is 0 Å². The van der Waals surface area contributed by atoms with Crippen LogP contribution in [0.15, 0.2) is 5.10 Å². The second-order valence-corrected chi connectivity index (χ2v) is 2.95. The summed E-state index contributed by atoms with van der Waals surface area (Å²) in [5, 5.41) is 4.26. The van der Waals surface area contributed by atoms with Gasteiger partial charge in [-0.05, 0) is 19.1 Å². The van der Waals surface area contributed by atoms with Crippen LogP contribution in [0.3, 0.4) is 0 Å². The van der Waals surface area contributed by atoms with Crippen LogP contribution in [-0.4, -0.2) is 35.6 Å². The number of carbonyl (C=O) groups excluding carboxylic acids is 1. The molecule has 0 aromatic carbocycles. The maximum atomic E-state index is 10.7. The van der Waals surface area contributed by atoms with E-state index in [1.54, 1.807) is 25.9 Å². The van der Waals surface area contributed by atoms with Gasteiger partial charge in [-0.25, -0.2) is 0 Å². The monoisotopic (exact) mass is 187 g/mol. The number of hydrogen-bond acceptors (Lipinski definition) is 3. The summed E-state index contributed by atoms with van der Waals surface area (Å²) in [6, 6.07) is 0. The summed E-state index contributed by atoms with van der Waals surface area (Å²) >= 11 is 4.88. The zero-order valence-corrected chi connectivity index (χ0v) is 8.53. The third kappa shape index (κ3) is 4.02. The topological polar surface area (TPSA) is 44.7 Å². The first-order valence-electron chi connectivity index (χ1n) is 3.47. The van der Waals surface area contributed by atoms with Gasteiger partial charge in [-0.1, -0.05) is 0 Å². The van der Waals surface area contributed by atoms with E-state index >= 15 is 0 Å². The number of thiocarbonyl (C=S) groups is 1. The van der Waals surface area contributed by atoms with Crippen molar-refractivity contribution in [2.24, 2.45) is 5.10 Å². The van der Waals surface area contributed by atoms with Gasteiger partial charge in [0, 0.05) is 21.0 Å². The Kier molecular flexibility index (Phi) is 4.43. The molecular weight excluding hydrogens is 174 g/mol. The number of ketones is 1. The molecule has 0 aliphatic carbocycles. The number of nitrogens with zero attached hydrogens (tertiary/aromatic N) is 2. The van der Waals surface area contributed by atoms with Gasteiger partial charge in [-0.3, -0.25) is 10.2 Å². The van der Waals surface area contributed by atoms with Crippen molar-refractivity contribution in [3.05, 3.63) is 0 Å². The van der Waals surface area contributed by atoms with Crippen molar-refractivity contribution >= 4 is 28.8 Å². The Morgan fingerprint density at radius 3 is 2.25 bits per heavy atom. The molecule has 0 aromatic rings. The van der Waals surface area contributed by atoms with Gasteiger partial charge in [-0.2, -0.15) is 5.10 Å². The van der Waals surface area contributed by atoms with Gasteiger partial charge in [0.1, 0.15) is 5.71 Å². The minimum absolute atomic E-state index is 0.0657. The zero-order valence-electron chi connectivity index (χ0n) is 7.71. The van der Waals surface area contributed by atoms with E-state index in [0.717, 1.165) is 0 Å². The SMILES string of the molecule is CC(=O)/C(C)=N\NC(=S)N(C)C. The molecule has 1 N–H and O–H groups in total. The summed E-state index contributed by atoms with van der Waals surface area (Å²) in [6.45, 7) is 3.09. The average molecular weight is 187 g/mol. The Morgan fingerprint density at radius 2 is 1.92 bits per heavy atom. The molecule has 0 saturated heterocycles. The van der Waals surface area contributed by atoms with Crippen LogP contribution in [-0.2, 0) is 4.79 Å². The van der Waals surface area contributed by atoms with E-state index < -0.39 is 0 Å². The Bertz CT molecular complexity index is 223. The van der Waals surface area contributed by atoms with E-state index in [9.17, 15) is 4.79 Å². The first kappa shape index (κ1) is 11.0. The Morgan fingerprint density at radius 1 is 1.42 bits per heavy atom. The van der Waals surface area contributed by atoms with Crippen LogP contribution in [0.5, 0.6) is 0 Å². The van der Waals surface area contributed by atoms with E-state index in [0.29, 0.717) is 10.8 Å². The van der Waals surface area contributed by atoms with Crippen LogP contribution >= 0.6 is 12.2 Å². The second kappa shape index (κ2) is 4.82. The van der Waals surface area contributed by atoms with E-state index in [1.165, 1.54) is 6.92 Å². The highest BCUT2D eigenvalue weighted by Gasteiger charge is 1.99. The molecule has 4 nitrogen and oxygen atoms in total. The first-order valence-corrected chi connectivity index (χ1v) is 3.88. The highest BCUT2D eigenvalue weighted by Crippen LogP contribution is 1.81. The van der Waals surface area contributed by atoms with Gasteiger partial charge < -0.3 is 4.90 Å². The number of nitrogens with one attached hydrogen (secondary N) is 1. The molecule has 0 unspecified atom stereocenters. The molecule has 0 aliphatic heterocycles. The number of rotatable bonds is 2. The molecule has 0 spiro atoms. The van der Waals surface area contributed by atoms with E-state index in [1.807, 2.05) is 0 Å². The van der Waals surface area contributed by atoms with Crippen molar-refractivity contribution < 1.29 is 4.79 Å². The molecule has 0 rings (SSSR count). The van der Waals surface area contributed by atoms with Gasteiger partial charge in [0.2, 0.25) is 0 Å². The molecule has 0 aliphatic rings. The fourth-order valence-corrected chi connectivity index (χ4v) is 0.356. The van der Waals surface area contributed by atoms with Crippen LogP contribution < -0.4 is 5.43 Å². The lowest BCUT2D eigenvalue weighted by Gasteiger charge is -2.11. The van der Waals surface area contributed by atoms with Crippen molar-refractivity contribution in [1.82, 2.24) is 10.3 Å². The van der Waals surface area contributed by atoms with Gasteiger partial charge in [0.05, 0.1) is 0 Å². The normalized spacial score (nSPS) is 10.8. The van der Waals surface area contributed by atoms with Crippen molar-refractivity contribution in [2.75, 3.05) is 14.1 Å². The molecule has 68 valence electrons. The quantitative estimate of drug-likeness (QED) is 0.386. The minimum atomic E-state index is -0.0657. The Labute approximate surface area is 77.6 Å². The molecule has 0 saturated carbocycles. The third-order valence-electron chi connectivity index (χ3n) is 1.23. The summed E-state index contributed by atoms with van der Waals surface area (Å²) in [5.74, 6) is -0.0657. The molecule has 5 heteroatoms. The molecule has 0 amide bonds. The minimum Gasteiger partial charge on any atom is -0.354 e. The number of hydrazone groups is 1. The maximum absolute atomic E-state index is 10.7. The predicted molar refractivity (Wildman–Crippen MR) is 53.2 cm³/mol. The molecule has 0 heterocycles. The number of Topliss-reactive ketones (excluding diaryl/α,β-unsaturated/α-hetero) is 1. The van der Waals surface area contributed by atoms with Gasteiger partial charge in [0.15, 0.2) is 10.9 Å². The second-order valence-electron chi connectivity index (χ2n) is 2.56. The van der Waals surface area contributed by atoms with E-state index in [-0.39, 0.29) is 5.78 Å². The fraction of sp³-hybridized carbons (Fsp3) is 0.571. The van der Waals surface area contributed by atoms with Crippen molar-refractivity contribution in [3.63, 3.8) is 0 Å². The van der Waals surface area contributed by atoms with Crippen LogP contribution in [0, 0.1) is 0 Å². The number of carbonyl (C=O) groups is 1. The highest BCUT2D eigenvalue weighted by molar-refractivity contribution is 7.80. The van der Waals surface area contributed by atoms with Crippen molar-refractivity contribution in [2.45, 2.75) is 13.8 Å². The summed E-state index contributed by atoms with van der Waals surface area (Å²) in [4.78, 5) is 12.4. The molecule has 0 bridgehead atoms. The molecule has 12 heavy (non-hydrogen) atoms. The van der Waals surface area contributed by atoms with Crippen molar-refractivity contribution in [1.29, 1.82) is 0 Å². The molecule has 0 radical (unpaired) electrons. The lowest BCUT2D eigenvalue weighted by Crippen LogP contribution is -2.31. The average Bonchev–Trinajstić information content (AvgIpc) is 1.98. The first-order chi connectivity index (χ1) is 5.45. The molecular formula is C7H13N3OS. The summed E-state index contributed by atoms with van der Waals surface area (Å²) in [6.07, 6.45) is 0. The van der Waals surface area contributed by atoms with Crippen LogP contribution in [0.4, 0.5) is 0 Å². The summed E-state index contributed by atoms with van der Waals surface area (Å²) < 4.78 is 0. The molecule has 0 atom stereocenters. The number of hydrogen-bond donors (Lipinski definition) is 1. The standard InChI is InChI=1S/C7H13N3OS/c1-5(6(2)11)8-9-7(12)10(3)4/h1-4H3,(H,9,12)/b8-5-. The largest absolute Gasteiger partial charge is 0.354 e. The van der Waals surface area contributed by atoms with Crippen LogP contribution in [0.2, 0.25) is 0 Å². The Hall–Kier alpha value is -0.970. The zero-order chi connectivity index (χ0) is 9.72. The molecule has 0 fully saturated rings. The lowest BCUT2D eigenvalue weighted by molar-refractivity contribution is -0.111. The van der Waals surface area contributed by atoms with E-state index in [2.05, 4.69) is 10.5 Å². The lowest BCUT2D eigenvalue weighted by atomic mass is 10.3. The summed E-state index contributed by atoms with van der Waals surface area (Å²) in [5.41, 5.74) is 3.00. The fourth-order valence-electron chi connectivity index (χ4n) is 0.310. The van der Waals surface area contributed by atoms with Gasteiger partial charge in [-0.15, -0.1) is 0 Å². The predicted octanol–water partition coefficient (Wildman–Crippen LogP) is 0.387. The highest BCUT2D eigenvalue weighted by atomic mass is 32.1. The van der Waals surface area contributed by atoms with E-state index in [4.69, 9.17) is 12.2 Å². The molecule has 0 aromatic heterocycles. The van der Waals surface area contributed by atoms with Gasteiger partial charge in [0.25, 0.3) is 0 Å². The Balaban J connectivity index is 4.05. The smallest absolute Gasteiger partial charge is 0.189 e. The van der Waals surface area contributed by atoms with Crippen LogP contribution in [0.1, 0.15) is 13.8 Å². The maximum Gasteiger partial charge on any atom is 0.189 e.